The molecule has 0 saturated carbocycles. The molecule has 0 heterocycles. The van der Waals surface area contributed by atoms with E-state index in [2.05, 4.69) is 41.5 Å². The molecule has 2 radical (unpaired) electrons. The van der Waals surface area contributed by atoms with Gasteiger partial charge in [-0.1, -0.05) is 90.1 Å². The number of carboxylic acids is 2. The molecule has 154 valence electrons. The first-order chi connectivity index (χ1) is 12.8. The maximum Gasteiger partial charge on any atom is 2.00 e. The van der Waals surface area contributed by atoms with Crippen LogP contribution in [0.3, 0.4) is 0 Å². The van der Waals surface area contributed by atoms with Gasteiger partial charge < -0.3 is 19.8 Å². The number of hydrogen-bond donors (Lipinski definition) is 0. The van der Waals surface area contributed by atoms with E-state index in [0.29, 0.717) is 11.1 Å². The molecular formula is C24H30O4Pb. The molecule has 0 aliphatic rings. The Hall–Kier alpha value is -1.70. The van der Waals surface area contributed by atoms with Gasteiger partial charge in [-0.2, -0.15) is 0 Å². The first kappa shape index (κ1) is 27.3. The quantitative estimate of drug-likeness (QED) is 0.514. The van der Waals surface area contributed by atoms with Gasteiger partial charge in [-0.3, -0.25) is 0 Å². The van der Waals surface area contributed by atoms with Crippen LogP contribution in [-0.4, -0.2) is 39.2 Å². The average Bonchev–Trinajstić information content (AvgIpc) is 2.53. The van der Waals surface area contributed by atoms with Crippen LogP contribution >= 0.6 is 0 Å². The molecule has 0 aromatic heterocycles. The molecule has 0 N–H and O–H groups in total. The van der Waals surface area contributed by atoms with Gasteiger partial charge in [-0.05, 0) is 34.8 Å². The fourth-order valence-corrected chi connectivity index (χ4v) is 2.89. The maximum atomic E-state index is 10.8. The topological polar surface area (TPSA) is 80.3 Å². The predicted molar refractivity (Wildman–Crippen MR) is 114 cm³/mol. The third-order valence-corrected chi connectivity index (χ3v) is 3.92. The Labute approximate surface area is 194 Å². The van der Waals surface area contributed by atoms with Crippen LogP contribution in [0.2, 0.25) is 0 Å². The van der Waals surface area contributed by atoms with Gasteiger partial charge in [0.1, 0.15) is 0 Å². The van der Waals surface area contributed by atoms with E-state index < -0.39 is 11.9 Å². The van der Waals surface area contributed by atoms with E-state index >= 15 is 0 Å². The Morgan fingerprint density at radius 2 is 0.931 bits per heavy atom. The van der Waals surface area contributed by atoms with E-state index in [1.54, 1.807) is 24.3 Å². The minimum Gasteiger partial charge on any atom is -0.545 e. The zero-order valence-corrected chi connectivity index (χ0v) is 22.1. The van der Waals surface area contributed by atoms with Gasteiger partial charge in [-0.25, -0.2) is 0 Å². The van der Waals surface area contributed by atoms with Crippen LogP contribution in [0.1, 0.15) is 73.4 Å². The van der Waals surface area contributed by atoms with Crippen LogP contribution in [-0.2, 0) is 12.8 Å². The van der Waals surface area contributed by atoms with Crippen molar-refractivity contribution in [2.24, 2.45) is 10.8 Å². The summed E-state index contributed by atoms with van der Waals surface area (Å²) >= 11 is 0. The fourth-order valence-electron chi connectivity index (χ4n) is 2.89. The van der Waals surface area contributed by atoms with Crippen molar-refractivity contribution in [3.63, 3.8) is 0 Å². The largest absolute Gasteiger partial charge is 2.00 e. The van der Waals surface area contributed by atoms with Crippen molar-refractivity contribution >= 4 is 39.2 Å². The molecule has 0 aliphatic carbocycles. The Morgan fingerprint density at radius 1 is 0.655 bits per heavy atom. The molecule has 2 aromatic rings. The van der Waals surface area contributed by atoms with Crippen molar-refractivity contribution in [3.8, 4) is 0 Å². The number of carbonyl (C=O) groups is 2. The maximum absolute atomic E-state index is 10.8. The summed E-state index contributed by atoms with van der Waals surface area (Å²) < 4.78 is 0. The van der Waals surface area contributed by atoms with Crippen molar-refractivity contribution in [3.05, 3.63) is 70.8 Å². The molecule has 0 bridgehead atoms. The van der Waals surface area contributed by atoms with Gasteiger partial charge >= 0.3 is 27.3 Å². The molecule has 0 aliphatic heterocycles. The summed E-state index contributed by atoms with van der Waals surface area (Å²) in [5.41, 5.74) is 2.49. The van der Waals surface area contributed by atoms with E-state index in [4.69, 9.17) is 0 Å². The fraction of sp³-hybridized carbons (Fsp3) is 0.417. The summed E-state index contributed by atoms with van der Waals surface area (Å²) in [5.74, 6) is -2.19. The zero-order valence-electron chi connectivity index (χ0n) is 18.2. The molecule has 0 atom stereocenters. The third kappa shape index (κ3) is 10.6. The van der Waals surface area contributed by atoms with Gasteiger partial charge in [0.25, 0.3) is 0 Å². The Balaban J connectivity index is 0.000000523. The standard InChI is InChI=1S/2C12H16O2.Pb/c2*1-12(2,3)8-9-6-4-5-7-10(9)11(13)14;/h2*4-7H,8H2,1-3H3,(H,13,14);/q;;+2/p-2. The van der Waals surface area contributed by atoms with Crippen LogP contribution in [0.15, 0.2) is 48.5 Å². The zero-order chi connectivity index (χ0) is 21.5. The van der Waals surface area contributed by atoms with E-state index in [1.165, 1.54) is 0 Å². The molecule has 2 aromatic carbocycles. The van der Waals surface area contributed by atoms with Crippen molar-refractivity contribution in [2.75, 3.05) is 0 Å². The van der Waals surface area contributed by atoms with E-state index in [9.17, 15) is 19.8 Å². The van der Waals surface area contributed by atoms with Gasteiger partial charge in [0.05, 0.1) is 11.9 Å². The van der Waals surface area contributed by atoms with Crippen LogP contribution in [0.25, 0.3) is 0 Å². The van der Waals surface area contributed by atoms with Crippen molar-refractivity contribution in [1.29, 1.82) is 0 Å². The van der Waals surface area contributed by atoms with Crippen molar-refractivity contribution in [2.45, 2.75) is 54.4 Å². The normalized spacial score (nSPS) is 11.0. The molecule has 0 spiro atoms. The molecule has 0 saturated heterocycles. The summed E-state index contributed by atoms with van der Waals surface area (Å²) in [4.78, 5) is 21.6. The molecule has 4 nitrogen and oxygen atoms in total. The Kier molecular flexibility index (Phi) is 10.8. The number of rotatable bonds is 4. The summed E-state index contributed by atoms with van der Waals surface area (Å²) in [6.07, 6.45) is 1.49. The van der Waals surface area contributed by atoms with Gasteiger partial charge in [0.15, 0.2) is 0 Å². The second-order valence-corrected chi connectivity index (χ2v) is 9.36. The van der Waals surface area contributed by atoms with Crippen LogP contribution < -0.4 is 10.2 Å². The summed E-state index contributed by atoms with van der Waals surface area (Å²) in [6, 6.07) is 14.0. The first-order valence-corrected chi connectivity index (χ1v) is 9.39. The van der Waals surface area contributed by atoms with Gasteiger partial charge in [0, 0.05) is 11.1 Å². The molecular weight excluding hydrogens is 559 g/mol. The summed E-state index contributed by atoms with van der Waals surface area (Å²) in [6.45, 7) is 12.5. The number of aromatic carboxylic acids is 2. The average molecular weight is 590 g/mol. The monoisotopic (exact) mass is 590 g/mol. The smallest absolute Gasteiger partial charge is 0.545 e. The van der Waals surface area contributed by atoms with Crippen LogP contribution in [0.4, 0.5) is 0 Å². The third-order valence-electron chi connectivity index (χ3n) is 3.92. The first-order valence-electron chi connectivity index (χ1n) is 9.39. The molecule has 29 heavy (non-hydrogen) atoms. The molecule has 0 amide bonds. The molecule has 5 heteroatoms. The van der Waals surface area contributed by atoms with Crippen molar-refractivity contribution < 1.29 is 19.8 Å². The SMILES string of the molecule is CC(C)(C)Cc1ccccc1C(=O)[O-].CC(C)(C)Cc1ccccc1C(=O)[O-].[Pb+2]. The Morgan fingerprint density at radius 3 is 1.17 bits per heavy atom. The Bertz CT molecular complexity index is 745. The minimum atomic E-state index is -1.09. The second kappa shape index (κ2) is 11.5. The summed E-state index contributed by atoms with van der Waals surface area (Å²) in [5, 5.41) is 21.6. The number of carbonyl (C=O) groups excluding carboxylic acids is 2. The van der Waals surface area contributed by atoms with Crippen LogP contribution in [0.5, 0.6) is 0 Å². The molecule has 0 unspecified atom stereocenters. The van der Waals surface area contributed by atoms with Gasteiger partial charge in [-0.15, -0.1) is 0 Å². The van der Waals surface area contributed by atoms with Gasteiger partial charge in [0.2, 0.25) is 0 Å². The second-order valence-electron chi connectivity index (χ2n) is 9.36. The van der Waals surface area contributed by atoms with E-state index in [-0.39, 0.29) is 38.1 Å². The van der Waals surface area contributed by atoms with Crippen molar-refractivity contribution in [1.82, 2.24) is 0 Å². The molecule has 0 fully saturated rings. The molecule has 2 rings (SSSR count). The summed E-state index contributed by atoms with van der Waals surface area (Å²) in [7, 11) is 0. The number of hydrogen-bond acceptors (Lipinski definition) is 4. The number of carboxylic acid groups (broad SMARTS) is 2. The van der Waals surface area contributed by atoms with E-state index in [1.807, 2.05) is 24.3 Å². The van der Waals surface area contributed by atoms with Crippen LogP contribution in [0, 0.1) is 10.8 Å². The minimum absolute atomic E-state index is 0. The predicted octanol–water partition coefficient (Wildman–Crippen LogP) is 2.90. The number of benzene rings is 2. The van der Waals surface area contributed by atoms with E-state index in [0.717, 1.165) is 24.0 Å².